The molecule has 0 radical (unpaired) electrons. The Bertz CT molecular complexity index is 495. The highest BCUT2D eigenvalue weighted by Gasteiger charge is 2.39. The first-order chi connectivity index (χ1) is 11.3. The first-order valence-electron chi connectivity index (χ1n) is 8.86. The van der Waals surface area contributed by atoms with E-state index in [1.165, 1.54) is 7.11 Å². The molecule has 1 amide bonds. The van der Waals surface area contributed by atoms with Gasteiger partial charge in [0.1, 0.15) is 5.60 Å². The van der Waals surface area contributed by atoms with Crippen LogP contribution in [0, 0.1) is 5.41 Å². The summed E-state index contributed by atoms with van der Waals surface area (Å²) in [5.74, 6) is -0.0156. The molecule has 0 N–H and O–H groups in total. The molecule has 1 atom stereocenters. The van der Waals surface area contributed by atoms with Gasteiger partial charge < -0.3 is 14.2 Å². The summed E-state index contributed by atoms with van der Waals surface area (Å²) in [7, 11) is 1.97. The zero-order valence-electron chi connectivity index (χ0n) is 17.2. The molecule has 1 rings (SSSR count). The summed E-state index contributed by atoms with van der Waals surface area (Å²) >= 11 is 0. The van der Waals surface area contributed by atoms with Crippen molar-refractivity contribution in [3.8, 4) is 0 Å². The largest absolute Gasteiger partial charge is 0.366 e. The minimum atomic E-state index is -2.98. The molecule has 1 unspecified atom stereocenters. The van der Waals surface area contributed by atoms with Crippen LogP contribution in [0.4, 0.5) is 0 Å². The van der Waals surface area contributed by atoms with Crippen LogP contribution in [0.25, 0.3) is 0 Å². The van der Waals surface area contributed by atoms with Crippen molar-refractivity contribution >= 4 is 13.6 Å². The second-order valence-electron chi connectivity index (χ2n) is 8.44. The van der Waals surface area contributed by atoms with E-state index in [9.17, 15) is 9.36 Å². The molecule has 148 valence electrons. The normalized spacial score (nSPS) is 20.0. The fourth-order valence-electron chi connectivity index (χ4n) is 2.74. The molecule has 0 aromatic heterocycles. The number of ether oxygens (including phenoxy) is 1. The molecule has 1 fully saturated rings. The Kier molecular flexibility index (Phi) is 7.67. The maximum Gasteiger partial charge on any atom is 0.345 e. The number of carbonyl (C=O) groups is 1. The third-order valence-corrected chi connectivity index (χ3v) is 7.08. The van der Waals surface area contributed by atoms with Crippen molar-refractivity contribution in [2.75, 3.05) is 54.0 Å². The molecule has 25 heavy (non-hydrogen) atoms. The number of nitrogens with zero attached hydrogens (tertiary/aromatic N) is 3. The number of carbonyl (C=O) groups excluding carboxylic acids is 1. The van der Waals surface area contributed by atoms with Gasteiger partial charge in [0.05, 0.1) is 0 Å². The molecule has 0 aliphatic carbocycles. The summed E-state index contributed by atoms with van der Waals surface area (Å²) in [6.45, 7) is 12.8. The number of hydrogen-bond donors (Lipinski definition) is 0. The van der Waals surface area contributed by atoms with Crippen LogP contribution in [-0.2, 0) is 18.6 Å². The van der Waals surface area contributed by atoms with E-state index in [4.69, 9.17) is 9.26 Å². The van der Waals surface area contributed by atoms with Crippen molar-refractivity contribution in [1.82, 2.24) is 14.2 Å². The fourth-order valence-corrected chi connectivity index (χ4v) is 4.49. The molecule has 0 aromatic rings. The molecule has 0 aromatic carbocycles. The highest BCUT2D eigenvalue weighted by Crippen LogP contribution is 2.51. The van der Waals surface area contributed by atoms with Crippen LogP contribution < -0.4 is 0 Å². The van der Waals surface area contributed by atoms with Gasteiger partial charge in [-0.2, -0.15) is 0 Å². The predicted molar refractivity (Wildman–Crippen MR) is 101 cm³/mol. The van der Waals surface area contributed by atoms with Crippen molar-refractivity contribution in [1.29, 1.82) is 0 Å². The first kappa shape index (κ1) is 22.6. The molecule has 7 nitrogen and oxygen atoms in total. The van der Waals surface area contributed by atoms with Crippen LogP contribution in [0.1, 0.15) is 41.0 Å². The predicted octanol–water partition coefficient (Wildman–Crippen LogP) is 2.68. The van der Waals surface area contributed by atoms with Crippen molar-refractivity contribution in [2.45, 2.75) is 46.6 Å². The average Bonchev–Trinajstić information content (AvgIpc) is 2.51. The monoisotopic (exact) mass is 377 g/mol. The van der Waals surface area contributed by atoms with Crippen LogP contribution in [0.2, 0.25) is 0 Å². The average molecular weight is 377 g/mol. The Balaban J connectivity index is 2.61. The van der Waals surface area contributed by atoms with Gasteiger partial charge in [-0.1, -0.05) is 20.8 Å². The Morgan fingerprint density at radius 3 is 2.00 bits per heavy atom. The van der Waals surface area contributed by atoms with Crippen molar-refractivity contribution in [3.63, 3.8) is 0 Å². The summed E-state index contributed by atoms with van der Waals surface area (Å²) in [5, 5.41) is 0. The van der Waals surface area contributed by atoms with E-state index in [0.717, 1.165) is 6.42 Å². The third-order valence-electron chi connectivity index (χ3n) is 4.47. The first-order valence-corrected chi connectivity index (χ1v) is 10.4. The van der Waals surface area contributed by atoms with Crippen molar-refractivity contribution < 1.29 is 18.6 Å². The Hall–Kier alpha value is -0.460. The third kappa shape index (κ3) is 6.04. The highest BCUT2D eigenvalue weighted by atomic mass is 31.2. The molecule has 1 aliphatic rings. The number of hydrogen-bond acceptors (Lipinski definition) is 4. The number of amides is 1. The maximum atomic E-state index is 12.8. The van der Waals surface area contributed by atoms with E-state index >= 15 is 0 Å². The molecule has 0 saturated carbocycles. The Morgan fingerprint density at radius 2 is 1.60 bits per heavy atom. The zero-order chi connectivity index (χ0) is 19.5. The second kappa shape index (κ2) is 8.49. The lowest BCUT2D eigenvalue weighted by Gasteiger charge is -2.41. The number of piperazine rings is 1. The van der Waals surface area contributed by atoms with Crippen LogP contribution in [0.5, 0.6) is 0 Å². The summed E-state index contributed by atoms with van der Waals surface area (Å²) in [6, 6.07) is 0. The molecular weight excluding hydrogens is 341 g/mol. The van der Waals surface area contributed by atoms with Crippen molar-refractivity contribution in [2.24, 2.45) is 5.41 Å². The molecule has 8 heteroatoms. The summed E-state index contributed by atoms with van der Waals surface area (Å²) in [6.07, 6.45) is 0.900. The summed E-state index contributed by atoms with van der Waals surface area (Å²) in [4.78, 5) is 14.6. The molecule has 1 aliphatic heterocycles. The standard InChI is InChI=1S/C17H36N3O4P/c1-16(2,3)9-14-24-17(4,5)15(21)19-10-12-20(13-11-19)25(22,23-8)18(6)7/h9-14H2,1-8H3. The summed E-state index contributed by atoms with van der Waals surface area (Å²) < 4.78 is 27.4. The summed E-state index contributed by atoms with van der Waals surface area (Å²) in [5.41, 5.74) is -0.668. The molecule has 1 saturated heterocycles. The fraction of sp³-hybridized carbons (Fsp3) is 0.941. The van der Waals surface area contributed by atoms with Gasteiger partial charge in [-0.15, -0.1) is 0 Å². The Morgan fingerprint density at radius 1 is 1.08 bits per heavy atom. The van der Waals surface area contributed by atoms with Gasteiger partial charge in [0, 0.05) is 39.9 Å². The van der Waals surface area contributed by atoms with E-state index in [-0.39, 0.29) is 11.3 Å². The minimum Gasteiger partial charge on any atom is -0.366 e. The van der Waals surface area contributed by atoms with E-state index in [1.807, 2.05) is 18.5 Å². The van der Waals surface area contributed by atoms with Gasteiger partial charge in [-0.05, 0) is 39.8 Å². The molecular formula is C17H36N3O4P. The van der Waals surface area contributed by atoms with Gasteiger partial charge in [-0.3, -0.25) is 9.36 Å². The Labute approximate surface area is 153 Å². The lowest BCUT2D eigenvalue weighted by atomic mass is 9.93. The molecule has 1 heterocycles. The van der Waals surface area contributed by atoms with Gasteiger partial charge in [0.15, 0.2) is 0 Å². The van der Waals surface area contributed by atoms with Gasteiger partial charge >= 0.3 is 7.67 Å². The van der Waals surface area contributed by atoms with E-state index < -0.39 is 13.3 Å². The lowest BCUT2D eigenvalue weighted by molar-refractivity contribution is -0.156. The van der Waals surface area contributed by atoms with Crippen LogP contribution in [0.15, 0.2) is 0 Å². The zero-order valence-corrected chi connectivity index (χ0v) is 18.1. The maximum absolute atomic E-state index is 12.8. The van der Waals surface area contributed by atoms with E-state index in [2.05, 4.69) is 20.8 Å². The van der Waals surface area contributed by atoms with Gasteiger partial charge in [0.25, 0.3) is 5.91 Å². The topological polar surface area (TPSA) is 62.3 Å². The van der Waals surface area contributed by atoms with Crippen LogP contribution in [-0.4, -0.2) is 79.7 Å². The van der Waals surface area contributed by atoms with Gasteiger partial charge in [0.2, 0.25) is 0 Å². The highest BCUT2D eigenvalue weighted by molar-refractivity contribution is 7.53. The van der Waals surface area contributed by atoms with E-state index in [0.29, 0.717) is 32.8 Å². The van der Waals surface area contributed by atoms with Gasteiger partial charge in [-0.25, -0.2) is 9.34 Å². The lowest BCUT2D eigenvalue weighted by Crippen LogP contribution is -2.54. The van der Waals surface area contributed by atoms with Crippen molar-refractivity contribution in [3.05, 3.63) is 0 Å². The second-order valence-corrected chi connectivity index (χ2v) is 11.1. The van der Waals surface area contributed by atoms with Crippen LogP contribution >= 0.6 is 7.67 Å². The molecule has 0 bridgehead atoms. The minimum absolute atomic E-state index is 0.0156. The molecule has 0 spiro atoms. The van der Waals surface area contributed by atoms with Crippen LogP contribution in [0.3, 0.4) is 0 Å². The van der Waals surface area contributed by atoms with E-state index in [1.54, 1.807) is 23.7 Å². The number of rotatable bonds is 7. The quantitative estimate of drug-likeness (QED) is 0.636. The smallest absolute Gasteiger partial charge is 0.345 e. The SMILES string of the molecule is COP(=O)(N(C)C)N1CCN(C(=O)C(C)(C)OCCC(C)(C)C)CC1.